The molecule has 2 nitrogen and oxygen atoms in total. The van der Waals surface area contributed by atoms with Crippen molar-refractivity contribution in [1.29, 1.82) is 0 Å². The van der Waals surface area contributed by atoms with Gasteiger partial charge in [-0.25, -0.2) is 0 Å². The van der Waals surface area contributed by atoms with Crippen LogP contribution in [0.3, 0.4) is 0 Å². The zero-order chi connectivity index (χ0) is 15.5. The summed E-state index contributed by atoms with van der Waals surface area (Å²) in [6.45, 7) is 3.84. The van der Waals surface area contributed by atoms with E-state index in [4.69, 9.17) is 9.47 Å². The zero-order valence-corrected chi connectivity index (χ0v) is 14.2. The average Bonchev–Trinajstić information content (AvgIpc) is 3.36. The predicted molar refractivity (Wildman–Crippen MR) is 92.6 cm³/mol. The first-order valence-corrected chi connectivity index (χ1v) is 9.22. The molecule has 0 aliphatic carbocycles. The second-order valence-corrected chi connectivity index (χ2v) is 6.45. The molecule has 1 aliphatic heterocycles. The summed E-state index contributed by atoms with van der Waals surface area (Å²) < 4.78 is 11.1. The predicted octanol–water partition coefficient (Wildman–Crippen LogP) is 5.54. The molecule has 0 saturated carbocycles. The van der Waals surface area contributed by atoms with Gasteiger partial charge in [0.15, 0.2) is 0 Å². The summed E-state index contributed by atoms with van der Waals surface area (Å²) in [5, 5.41) is 0. The number of unbranched alkanes of at least 4 members (excludes halogenated alkanes) is 8. The SMILES string of the molecule is CCCCCCCCCCCc1ccccc1OCC1CO1. The molecule has 1 saturated heterocycles. The zero-order valence-electron chi connectivity index (χ0n) is 14.2. The number of hydrogen-bond donors (Lipinski definition) is 0. The van der Waals surface area contributed by atoms with Crippen molar-refractivity contribution >= 4 is 0 Å². The molecule has 2 heteroatoms. The van der Waals surface area contributed by atoms with Gasteiger partial charge in [-0.3, -0.25) is 0 Å². The maximum absolute atomic E-state index is 5.87. The van der Waals surface area contributed by atoms with E-state index in [0.29, 0.717) is 12.7 Å². The molecule has 2 rings (SSSR count). The van der Waals surface area contributed by atoms with E-state index in [1.807, 2.05) is 0 Å². The minimum atomic E-state index is 0.334. The Morgan fingerprint density at radius 3 is 2.27 bits per heavy atom. The summed E-state index contributed by atoms with van der Waals surface area (Å²) in [6, 6.07) is 8.46. The van der Waals surface area contributed by atoms with Gasteiger partial charge >= 0.3 is 0 Å². The van der Waals surface area contributed by atoms with Crippen LogP contribution < -0.4 is 4.74 Å². The molecule has 1 unspecified atom stereocenters. The molecule has 0 bridgehead atoms. The molecule has 0 N–H and O–H groups in total. The van der Waals surface area contributed by atoms with Crippen molar-refractivity contribution < 1.29 is 9.47 Å². The van der Waals surface area contributed by atoms with E-state index in [2.05, 4.69) is 31.2 Å². The molecule has 0 amide bonds. The first-order chi connectivity index (χ1) is 10.9. The fourth-order valence-corrected chi connectivity index (χ4v) is 2.82. The lowest BCUT2D eigenvalue weighted by Gasteiger charge is -2.10. The number of hydrogen-bond acceptors (Lipinski definition) is 2. The summed E-state index contributed by atoms with van der Waals surface area (Å²) in [6.07, 6.45) is 13.9. The topological polar surface area (TPSA) is 21.8 Å². The smallest absolute Gasteiger partial charge is 0.122 e. The van der Waals surface area contributed by atoms with Crippen molar-refractivity contribution in [2.24, 2.45) is 0 Å². The van der Waals surface area contributed by atoms with Gasteiger partial charge in [-0.2, -0.15) is 0 Å². The Kier molecular flexibility index (Phi) is 8.40. The molecule has 22 heavy (non-hydrogen) atoms. The van der Waals surface area contributed by atoms with Gasteiger partial charge < -0.3 is 9.47 Å². The number of benzene rings is 1. The fraction of sp³-hybridized carbons (Fsp3) is 0.700. The van der Waals surface area contributed by atoms with Gasteiger partial charge in [0.2, 0.25) is 0 Å². The minimum absolute atomic E-state index is 0.334. The number of epoxide rings is 1. The normalized spacial score (nSPS) is 16.7. The first-order valence-electron chi connectivity index (χ1n) is 9.22. The third kappa shape index (κ3) is 7.31. The minimum Gasteiger partial charge on any atom is -0.491 e. The van der Waals surface area contributed by atoms with E-state index >= 15 is 0 Å². The van der Waals surface area contributed by atoms with Crippen LogP contribution in [0, 0.1) is 0 Å². The Bertz CT molecular complexity index is 398. The van der Waals surface area contributed by atoms with Crippen molar-refractivity contribution in [3.05, 3.63) is 29.8 Å². The molecule has 1 heterocycles. The second-order valence-electron chi connectivity index (χ2n) is 6.45. The highest BCUT2D eigenvalue weighted by Gasteiger charge is 2.23. The van der Waals surface area contributed by atoms with Crippen molar-refractivity contribution in [3.8, 4) is 5.75 Å². The molecule has 1 aliphatic rings. The summed E-state index contributed by atoms with van der Waals surface area (Å²) in [5.41, 5.74) is 1.35. The molecular formula is C20H32O2. The van der Waals surface area contributed by atoms with Crippen LogP contribution in [0.15, 0.2) is 24.3 Å². The average molecular weight is 304 g/mol. The van der Waals surface area contributed by atoms with Gasteiger partial charge in [0.25, 0.3) is 0 Å². The molecule has 1 fully saturated rings. The van der Waals surface area contributed by atoms with E-state index in [9.17, 15) is 0 Å². The largest absolute Gasteiger partial charge is 0.491 e. The van der Waals surface area contributed by atoms with Crippen LogP contribution in [0.1, 0.15) is 70.3 Å². The van der Waals surface area contributed by atoms with Crippen LogP contribution in [0.25, 0.3) is 0 Å². The number of ether oxygens (including phenoxy) is 2. The Morgan fingerprint density at radius 1 is 0.955 bits per heavy atom. The molecule has 1 aromatic carbocycles. The summed E-state index contributed by atoms with van der Waals surface area (Å²) in [7, 11) is 0. The summed E-state index contributed by atoms with van der Waals surface area (Å²) in [4.78, 5) is 0. The summed E-state index contributed by atoms with van der Waals surface area (Å²) in [5.74, 6) is 1.05. The Hall–Kier alpha value is -1.02. The number of rotatable bonds is 13. The van der Waals surface area contributed by atoms with E-state index in [-0.39, 0.29) is 0 Å². The van der Waals surface area contributed by atoms with E-state index < -0.39 is 0 Å². The van der Waals surface area contributed by atoms with E-state index in [1.165, 1.54) is 63.4 Å². The molecule has 0 spiro atoms. The number of para-hydroxylation sites is 1. The Labute approximate surface area is 136 Å². The van der Waals surface area contributed by atoms with Gasteiger partial charge in [0.05, 0.1) is 6.61 Å². The van der Waals surface area contributed by atoms with Crippen LogP contribution in [-0.2, 0) is 11.2 Å². The summed E-state index contributed by atoms with van der Waals surface area (Å²) >= 11 is 0. The highest BCUT2D eigenvalue weighted by atomic mass is 16.6. The second kappa shape index (κ2) is 10.7. The molecular weight excluding hydrogens is 272 g/mol. The molecule has 124 valence electrons. The Balaban J connectivity index is 1.54. The van der Waals surface area contributed by atoms with Crippen LogP contribution in [-0.4, -0.2) is 19.3 Å². The van der Waals surface area contributed by atoms with Gasteiger partial charge in [-0.05, 0) is 24.5 Å². The van der Waals surface area contributed by atoms with Gasteiger partial charge in [-0.1, -0.05) is 76.5 Å². The van der Waals surface area contributed by atoms with Crippen molar-refractivity contribution in [2.45, 2.75) is 77.2 Å². The lowest BCUT2D eigenvalue weighted by atomic mass is 10.0. The molecule has 0 radical (unpaired) electrons. The van der Waals surface area contributed by atoms with Gasteiger partial charge in [0.1, 0.15) is 18.5 Å². The highest BCUT2D eigenvalue weighted by Crippen LogP contribution is 2.22. The lowest BCUT2D eigenvalue weighted by molar-refractivity contribution is 0.261. The van der Waals surface area contributed by atoms with Gasteiger partial charge in [0, 0.05) is 0 Å². The maximum atomic E-state index is 5.87. The quantitative estimate of drug-likeness (QED) is 0.352. The van der Waals surface area contributed by atoms with Crippen LogP contribution in [0.2, 0.25) is 0 Å². The van der Waals surface area contributed by atoms with Crippen LogP contribution in [0.4, 0.5) is 0 Å². The first kappa shape index (κ1) is 17.3. The van der Waals surface area contributed by atoms with E-state index in [1.54, 1.807) is 0 Å². The van der Waals surface area contributed by atoms with E-state index in [0.717, 1.165) is 18.8 Å². The highest BCUT2D eigenvalue weighted by molar-refractivity contribution is 5.33. The molecule has 0 aromatic heterocycles. The van der Waals surface area contributed by atoms with Crippen LogP contribution >= 0.6 is 0 Å². The van der Waals surface area contributed by atoms with Crippen molar-refractivity contribution in [2.75, 3.05) is 13.2 Å². The standard InChI is InChI=1S/C20H32O2/c1-2-3-4-5-6-7-8-9-10-13-18-14-11-12-15-20(18)22-17-19-16-21-19/h11-12,14-15,19H,2-10,13,16-17H2,1H3. The fourth-order valence-electron chi connectivity index (χ4n) is 2.82. The lowest BCUT2D eigenvalue weighted by Crippen LogP contribution is -2.05. The van der Waals surface area contributed by atoms with Crippen molar-refractivity contribution in [1.82, 2.24) is 0 Å². The number of aryl methyl sites for hydroxylation is 1. The van der Waals surface area contributed by atoms with Gasteiger partial charge in [-0.15, -0.1) is 0 Å². The third-order valence-corrected chi connectivity index (χ3v) is 4.35. The third-order valence-electron chi connectivity index (χ3n) is 4.35. The monoisotopic (exact) mass is 304 g/mol. The maximum Gasteiger partial charge on any atom is 0.122 e. The van der Waals surface area contributed by atoms with Crippen molar-refractivity contribution in [3.63, 3.8) is 0 Å². The molecule has 1 atom stereocenters. The van der Waals surface area contributed by atoms with Crippen LogP contribution in [0.5, 0.6) is 5.75 Å². The molecule has 1 aromatic rings. The Morgan fingerprint density at radius 2 is 1.59 bits per heavy atom.